The number of hydrogen-bond acceptors (Lipinski definition) is 6. The minimum Gasteiger partial charge on any atom is -0.471 e. The molecule has 0 bridgehead atoms. The highest BCUT2D eigenvalue weighted by atomic mass is 35.5. The first kappa shape index (κ1) is 19.5. The average molecular weight is 431 g/mol. The van der Waals surface area contributed by atoms with Gasteiger partial charge in [-0.25, -0.2) is 8.42 Å². The van der Waals surface area contributed by atoms with Crippen LogP contribution in [0.1, 0.15) is 16.7 Å². The summed E-state index contributed by atoms with van der Waals surface area (Å²) in [5.74, 6) is 0.901. The van der Waals surface area contributed by atoms with Gasteiger partial charge in [-0.2, -0.15) is 4.98 Å². The van der Waals surface area contributed by atoms with Gasteiger partial charge < -0.3 is 10.1 Å². The molecule has 0 unspecified atom stereocenters. The molecule has 1 aromatic carbocycles. The lowest BCUT2D eigenvalue weighted by Gasteiger charge is -2.16. The Morgan fingerprint density at radius 1 is 1.28 bits per heavy atom. The van der Waals surface area contributed by atoms with Crippen molar-refractivity contribution in [2.45, 2.75) is 24.8 Å². The van der Waals surface area contributed by atoms with Crippen molar-refractivity contribution in [1.29, 1.82) is 0 Å². The minimum absolute atomic E-state index is 0.113. The van der Waals surface area contributed by atoms with Crippen molar-refractivity contribution in [2.24, 2.45) is 0 Å². The van der Waals surface area contributed by atoms with E-state index in [4.69, 9.17) is 16.3 Å². The van der Waals surface area contributed by atoms with Gasteiger partial charge in [0.1, 0.15) is 18.1 Å². The van der Waals surface area contributed by atoms with E-state index < -0.39 is 10.0 Å². The molecule has 2 aromatic heterocycles. The summed E-state index contributed by atoms with van der Waals surface area (Å²) in [5.41, 5.74) is 2.55. The highest BCUT2D eigenvalue weighted by molar-refractivity contribution is 7.92. The highest BCUT2D eigenvalue weighted by Crippen LogP contribution is 2.33. The number of pyridine rings is 2. The van der Waals surface area contributed by atoms with Gasteiger partial charge in [0.2, 0.25) is 5.88 Å². The summed E-state index contributed by atoms with van der Waals surface area (Å²) in [5, 5.41) is 3.57. The first-order valence-corrected chi connectivity index (χ1v) is 10.9. The molecule has 3 heterocycles. The van der Waals surface area contributed by atoms with E-state index >= 15 is 0 Å². The summed E-state index contributed by atoms with van der Waals surface area (Å²) in [4.78, 5) is 8.65. The number of anilines is 2. The fraction of sp³-hybridized carbons (Fsp3) is 0.200. The van der Waals surface area contributed by atoms with E-state index in [0.29, 0.717) is 16.4 Å². The Morgan fingerprint density at radius 2 is 2.14 bits per heavy atom. The number of nitrogens with zero attached hydrogens (tertiary/aromatic N) is 2. The van der Waals surface area contributed by atoms with Crippen LogP contribution in [0.2, 0.25) is 5.02 Å². The number of aromatic nitrogens is 2. The monoisotopic (exact) mass is 430 g/mol. The van der Waals surface area contributed by atoms with Crippen LogP contribution in [0.5, 0.6) is 5.88 Å². The second-order valence-electron chi connectivity index (χ2n) is 6.64. The number of sulfonamides is 1. The molecular weight excluding hydrogens is 412 g/mol. The van der Waals surface area contributed by atoms with Gasteiger partial charge in [0, 0.05) is 29.5 Å². The van der Waals surface area contributed by atoms with Crippen molar-refractivity contribution >= 4 is 33.1 Å². The molecule has 9 heteroatoms. The fourth-order valence-corrected chi connectivity index (χ4v) is 4.64. The number of fused-ring (bicyclic) bond motifs is 1. The Kier molecular flexibility index (Phi) is 5.29. The Balaban J connectivity index is 1.68. The summed E-state index contributed by atoms with van der Waals surface area (Å²) in [7, 11) is -3.88. The van der Waals surface area contributed by atoms with Gasteiger partial charge in [0.25, 0.3) is 10.0 Å². The zero-order chi connectivity index (χ0) is 20.4. The molecule has 0 saturated heterocycles. The van der Waals surface area contributed by atoms with Gasteiger partial charge in [-0.3, -0.25) is 9.71 Å². The summed E-state index contributed by atoms with van der Waals surface area (Å²) in [6.45, 7) is 2.63. The van der Waals surface area contributed by atoms with Crippen molar-refractivity contribution in [1.82, 2.24) is 9.97 Å². The maximum atomic E-state index is 13.0. The van der Waals surface area contributed by atoms with E-state index in [1.807, 2.05) is 12.1 Å². The molecule has 0 fully saturated rings. The molecule has 2 N–H and O–H groups in total. The average Bonchev–Trinajstić information content (AvgIpc) is 3.16. The smallest absolute Gasteiger partial charge is 0.262 e. The number of nitrogens with one attached hydrogen (secondary N) is 2. The third kappa shape index (κ3) is 4.13. The second kappa shape index (κ2) is 7.88. The maximum Gasteiger partial charge on any atom is 0.262 e. The lowest BCUT2D eigenvalue weighted by molar-refractivity contribution is 0.295. The van der Waals surface area contributed by atoms with Gasteiger partial charge in [-0.15, -0.1) is 0 Å². The van der Waals surface area contributed by atoms with E-state index in [1.165, 1.54) is 6.07 Å². The first-order chi connectivity index (χ1) is 13.9. The first-order valence-electron chi connectivity index (χ1n) is 9.01. The van der Waals surface area contributed by atoms with Crippen LogP contribution >= 0.6 is 11.6 Å². The zero-order valence-electron chi connectivity index (χ0n) is 15.6. The molecule has 4 rings (SSSR count). The Bertz CT molecular complexity index is 1150. The molecule has 0 atom stereocenters. The van der Waals surface area contributed by atoms with Gasteiger partial charge in [-0.05, 0) is 48.7 Å². The fourth-order valence-electron chi connectivity index (χ4n) is 3.09. The maximum absolute atomic E-state index is 13.0. The molecule has 1 aliphatic rings. The van der Waals surface area contributed by atoms with Crippen molar-refractivity contribution in [3.05, 3.63) is 70.5 Å². The Morgan fingerprint density at radius 3 is 2.93 bits per heavy atom. The van der Waals surface area contributed by atoms with E-state index in [0.717, 1.165) is 24.1 Å². The third-order valence-electron chi connectivity index (χ3n) is 4.60. The van der Waals surface area contributed by atoms with Crippen molar-refractivity contribution in [2.75, 3.05) is 16.6 Å². The molecule has 0 spiro atoms. The predicted molar refractivity (Wildman–Crippen MR) is 112 cm³/mol. The number of rotatable bonds is 6. The van der Waals surface area contributed by atoms with Crippen LogP contribution in [0.25, 0.3) is 0 Å². The molecule has 0 aliphatic carbocycles. The molecule has 150 valence electrons. The van der Waals surface area contributed by atoms with Crippen molar-refractivity contribution in [3.63, 3.8) is 0 Å². The van der Waals surface area contributed by atoms with Crippen LogP contribution in [0.15, 0.2) is 53.7 Å². The van der Waals surface area contributed by atoms with E-state index in [2.05, 4.69) is 20.0 Å². The van der Waals surface area contributed by atoms with Crippen LogP contribution in [0.4, 0.5) is 11.5 Å². The molecular formula is C20H19ClN4O3S. The van der Waals surface area contributed by atoms with E-state index in [-0.39, 0.29) is 23.1 Å². The van der Waals surface area contributed by atoms with Gasteiger partial charge >= 0.3 is 0 Å². The zero-order valence-corrected chi connectivity index (χ0v) is 17.2. The van der Waals surface area contributed by atoms with Gasteiger partial charge in [-0.1, -0.05) is 23.7 Å². The van der Waals surface area contributed by atoms with Crippen LogP contribution in [-0.4, -0.2) is 24.9 Å². The molecule has 0 amide bonds. The topological polar surface area (TPSA) is 93.2 Å². The second-order valence-corrected chi connectivity index (χ2v) is 8.70. The summed E-state index contributed by atoms with van der Waals surface area (Å²) >= 11 is 6.10. The minimum atomic E-state index is -3.88. The SMILES string of the molecule is Cc1c(Cl)cccc1S(=O)(=O)Nc1cc2c(nc1OCc1cccnc1)NCC2. The number of hydrogen-bond donors (Lipinski definition) is 2. The van der Waals surface area contributed by atoms with Crippen LogP contribution in [0.3, 0.4) is 0 Å². The van der Waals surface area contributed by atoms with Gasteiger partial charge in [0.15, 0.2) is 0 Å². The Hall–Kier alpha value is -2.84. The normalized spacial score (nSPS) is 12.9. The molecule has 7 nitrogen and oxygen atoms in total. The number of benzene rings is 1. The largest absolute Gasteiger partial charge is 0.471 e. The quantitative estimate of drug-likeness (QED) is 0.618. The number of halogens is 1. The van der Waals surface area contributed by atoms with Crippen molar-refractivity contribution < 1.29 is 13.2 Å². The number of ether oxygens (including phenoxy) is 1. The summed E-state index contributed by atoms with van der Waals surface area (Å²) < 4.78 is 34.5. The summed E-state index contributed by atoms with van der Waals surface area (Å²) in [6.07, 6.45) is 4.12. The van der Waals surface area contributed by atoms with Crippen LogP contribution < -0.4 is 14.8 Å². The summed E-state index contributed by atoms with van der Waals surface area (Å²) in [6, 6.07) is 10.2. The lowest BCUT2D eigenvalue weighted by atomic mass is 10.2. The van der Waals surface area contributed by atoms with Crippen LogP contribution in [0, 0.1) is 6.92 Å². The predicted octanol–water partition coefficient (Wildman–Crippen LogP) is 3.79. The molecule has 3 aromatic rings. The van der Waals surface area contributed by atoms with Crippen LogP contribution in [-0.2, 0) is 23.1 Å². The third-order valence-corrected chi connectivity index (χ3v) is 6.52. The Labute approximate surface area is 174 Å². The van der Waals surface area contributed by atoms with E-state index in [1.54, 1.807) is 37.5 Å². The van der Waals surface area contributed by atoms with E-state index in [9.17, 15) is 8.42 Å². The molecule has 0 radical (unpaired) electrons. The molecule has 29 heavy (non-hydrogen) atoms. The highest BCUT2D eigenvalue weighted by Gasteiger charge is 2.23. The molecule has 1 aliphatic heterocycles. The van der Waals surface area contributed by atoms with Gasteiger partial charge in [0.05, 0.1) is 4.90 Å². The molecule has 0 saturated carbocycles. The standard InChI is InChI=1S/C20H19ClN4O3S/c1-13-16(21)5-2-6-18(13)29(26,27)25-17-10-15-7-9-23-19(15)24-20(17)28-12-14-4-3-8-22-11-14/h2-6,8,10-11,25H,7,9,12H2,1H3,(H,23,24). The lowest BCUT2D eigenvalue weighted by Crippen LogP contribution is -2.16. The van der Waals surface area contributed by atoms with Crippen molar-refractivity contribution in [3.8, 4) is 5.88 Å².